The second-order valence-electron chi connectivity index (χ2n) is 5.74. The molecule has 0 unspecified atom stereocenters. The molecule has 0 spiro atoms. The first-order valence-electron chi connectivity index (χ1n) is 7.58. The third kappa shape index (κ3) is 8.52. The van der Waals surface area contributed by atoms with E-state index in [2.05, 4.69) is 13.8 Å². The Kier molecular flexibility index (Phi) is 8.13. The van der Waals surface area contributed by atoms with E-state index in [-0.39, 0.29) is 0 Å². The van der Waals surface area contributed by atoms with Gasteiger partial charge in [-0.3, -0.25) is 4.52 Å². The summed E-state index contributed by atoms with van der Waals surface area (Å²) in [6.07, 6.45) is 7.17. The van der Waals surface area contributed by atoms with Gasteiger partial charge in [-0.25, -0.2) is 0 Å². The Labute approximate surface area is 123 Å². The van der Waals surface area contributed by atoms with Crippen molar-refractivity contribution < 1.29 is 14.3 Å². The highest BCUT2D eigenvalue weighted by atomic mass is 31.2. The van der Waals surface area contributed by atoms with Gasteiger partial charge in [-0.05, 0) is 30.9 Å². The molecule has 20 heavy (non-hydrogen) atoms. The van der Waals surface area contributed by atoms with Crippen LogP contribution < -0.4 is 4.52 Å². The van der Waals surface area contributed by atoms with E-state index in [1.807, 2.05) is 18.2 Å². The topological polar surface area (TPSA) is 49.7 Å². The molecule has 0 saturated heterocycles. The standard InChI is InChI=1S/C16H28O3P/c1-15(2)11-7-4-3-5-10-14-20(17,18)19-16-12-8-6-9-13-16/h6,8-9,12-13,15,17-18H,3-5,7,10-11,14H2,1-2H3/q+1. The van der Waals surface area contributed by atoms with Crippen molar-refractivity contribution in [3.63, 3.8) is 0 Å². The number of hydrogen-bond acceptors (Lipinski definition) is 3. The minimum Gasteiger partial charge on any atom is -0.287 e. The van der Waals surface area contributed by atoms with E-state index < -0.39 is 7.94 Å². The molecule has 0 bridgehead atoms. The molecule has 0 radical (unpaired) electrons. The Morgan fingerprint density at radius 3 is 2.20 bits per heavy atom. The average molecular weight is 299 g/mol. The highest BCUT2D eigenvalue weighted by Gasteiger charge is 2.36. The van der Waals surface area contributed by atoms with Crippen molar-refractivity contribution in [2.24, 2.45) is 5.92 Å². The summed E-state index contributed by atoms with van der Waals surface area (Å²) < 4.78 is 5.28. The molecule has 0 aliphatic rings. The van der Waals surface area contributed by atoms with Crippen molar-refractivity contribution in [2.75, 3.05) is 6.16 Å². The van der Waals surface area contributed by atoms with E-state index in [0.717, 1.165) is 25.2 Å². The number of hydrogen-bond donors (Lipinski definition) is 2. The lowest BCUT2D eigenvalue weighted by molar-refractivity contribution is 0.336. The minimum atomic E-state index is -3.24. The van der Waals surface area contributed by atoms with E-state index in [1.54, 1.807) is 12.1 Å². The predicted octanol–water partition coefficient (Wildman–Crippen LogP) is 4.81. The zero-order valence-corrected chi connectivity index (χ0v) is 13.6. The zero-order valence-electron chi connectivity index (χ0n) is 12.7. The molecule has 1 aromatic rings. The van der Waals surface area contributed by atoms with Gasteiger partial charge in [-0.1, -0.05) is 57.7 Å². The molecule has 0 aliphatic heterocycles. The summed E-state index contributed by atoms with van der Waals surface area (Å²) in [5, 5.41) is 0. The lowest BCUT2D eigenvalue weighted by Gasteiger charge is -2.11. The van der Waals surface area contributed by atoms with Gasteiger partial charge in [-0.2, -0.15) is 9.79 Å². The maximum Gasteiger partial charge on any atom is 0.451 e. The molecule has 2 N–H and O–H groups in total. The molecular weight excluding hydrogens is 271 g/mol. The SMILES string of the molecule is CC(C)CCCCCCC[P+](O)(O)Oc1ccccc1. The van der Waals surface area contributed by atoms with Gasteiger partial charge in [0.25, 0.3) is 0 Å². The summed E-state index contributed by atoms with van der Waals surface area (Å²) in [6.45, 7) is 4.49. The van der Waals surface area contributed by atoms with Crippen molar-refractivity contribution in [1.82, 2.24) is 0 Å². The minimum absolute atomic E-state index is 0.353. The fraction of sp³-hybridized carbons (Fsp3) is 0.625. The molecule has 1 aromatic carbocycles. The first kappa shape index (κ1) is 17.4. The van der Waals surface area contributed by atoms with Crippen LogP contribution in [0, 0.1) is 5.92 Å². The zero-order chi connectivity index (χ0) is 14.8. The summed E-state index contributed by atoms with van der Waals surface area (Å²) in [6, 6.07) is 9.01. The van der Waals surface area contributed by atoms with Crippen LogP contribution in [-0.2, 0) is 0 Å². The van der Waals surface area contributed by atoms with Crippen LogP contribution in [0.4, 0.5) is 0 Å². The molecule has 114 valence electrons. The molecule has 4 heteroatoms. The Balaban J connectivity index is 2.11. The fourth-order valence-corrected chi connectivity index (χ4v) is 3.28. The molecule has 0 fully saturated rings. The van der Waals surface area contributed by atoms with Crippen LogP contribution in [0.1, 0.15) is 52.4 Å². The van der Waals surface area contributed by atoms with Crippen LogP contribution in [-0.4, -0.2) is 15.9 Å². The smallest absolute Gasteiger partial charge is 0.287 e. The van der Waals surface area contributed by atoms with Crippen molar-refractivity contribution in [2.45, 2.75) is 52.4 Å². The molecule has 0 amide bonds. The molecule has 0 saturated carbocycles. The van der Waals surface area contributed by atoms with Gasteiger partial charge in [0, 0.05) is 0 Å². The fourth-order valence-electron chi connectivity index (χ4n) is 2.10. The van der Waals surface area contributed by atoms with Gasteiger partial charge < -0.3 is 0 Å². The Morgan fingerprint density at radius 2 is 1.55 bits per heavy atom. The Morgan fingerprint density at radius 1 is 0.950 bits per heavy atom. The highest BCUT2D eigenvalue weighted by Crippen LogP contribution is 2.51. The van der Waals surface area contributed by atoms with Gasteiger partial charge in [0.05, 0.1) is 0 Å². The first-order chi connectivity index (χ1) is 9.49. The third-order valence-electron chi connectivity index (χ3n) is 3.23. The number of benzene rings is 1. The monoisotopic (exact) mass is 299 g/mol. The van der Waals surface area contributed by atoms with Crippen LogP contribution in [0.5, 0.6) is 5.75 Å². The Bertz CT molecular complexity index is 352. The number of para-hydroxylation sites is 1. The normalized spacial score (nSPS) is 11.8. The third-order valence-corrected chi connectivity index (χ3v) is 4.63. The number of rotatable bonds is 10. The quantitative estimate of drug-likeness (QED) is 0.481. The van der Waals surface area contributed by atoms with Crippen LogP contribution >= 0.6 is 7.94 Å². The lowest BCUT2D eigenvalue weighted by Crippen LogP contribution is -2.04. The second-order valence-corrected chi connectivity index (χ2v) is 7.70. The molecular formula is C16H28O3P+. The van der Waals surface area contributed by atoms with Crippen molar-refractivity contribution in [1.29, 1.82) is 0 Å². The van der Waals surface area contributed by atoms with Gasteiger partial charge >= 0.3 is 7.94 Å². The second kappa shape index (κ2) is 9.33. The average Bonchev–Trinajstić information content (AvgIpc) is 2.37. The van der Waals surface area contributed by atoms with Crippen LogP contribution in [0.25, 0.3) is 0 Å². The van der Waals surface area contributed by atoms with E-state index in [0.29, 0.717) is 11.9 Å². The predicted molar refractivity (Wildman–Crippen MR) is 85.8 cm³/mol. The molecule has 0 aromatic heterocycles. The van der Waals surface area contributed by atoms with Crippen LogP contribution in [0.2, 0.25) is 0 Å². The van der Waals surface area contributed by atoms with E-state index in [4.69, 9.17) is 4.52 Å². The van der Waals surface area contributed by atoms with Crippen LogP contribution in [0.15, 0.2) is 30.3 Å². The van der Waals surface area contributed by atoms with Gasteiger partial charge in [0.15, 0.2) is 5.75 Å². The summed E-state index contributed by atoms with van der Waals surface area (Å²) in [7, 11) is -3.24. The van der Waals surface area contributed by atoms with E-state index in [9.17, 15) is 9.79 Å². The van der Waals surface area contributed by atoms with Crippen molar-refractivity contribution >= 4 is 7.94 Å². The summed E-state index contributed by atoms with van der Waals surface area (Å²) in [5.41, 5.74) is 0. The summed E-state index contributed by atoms with van der Waals surface area (Å²) in [5.74, 6) is 1.31. The number of unbranched alkanes of at least 4 members (excludes halogenated alkanes) is 4. The molecule has 3 nitrogen and oxygen atoms in total. The molecule has 0 aliphatic carbocycles. The van der Waals surface area contributed by atoms with Crippen molar-refractivity contribution in [3.8, 4) is 5.75 Å². The molecule has 0 atom stereocenters. The van der Waals surface area contributed by atoms with Gasteiger partial charge in [0.1, 0.15) is 6.16 Å². The van der Waals surface area contributed by atoms with E-state index >= 15 is 0 Å². The maximum atomic E-state index is 9.89. The Hall–Kier alpha value is -0.630. The summed E-state index contributed by atoms with van der Waals surface area (Å²) >= 11 is 0. The van der Waals surface area contributed by atoms with Gasteiger partial charge in [0.2, 0.25) is 0 Å². The van der Waals surface area contributed by atoms with Crippen LogP contribution in [0.3, 0.4) is 0 Å². The first-order valence-corrected chi connectivity index (χ1v) is 9.37. The van der Waals surface area contributed by atoms with Gasteiger partial charge in [-0.15, -0.1) is 0 Å². The molecule has 0 heterocycles. The van der Waals surface area contributed by atoms with E-state index in [1.165, 1.54) is 19.3 Å². The maximum absolute atomic E-state index is 9.89. The lowest BCUT2D eigenvalue weighted by atomic mass is 10.0. The highest BCUT2D eigenvalue weighted by molar-refractivity contribution is 7.60. The van der Waals surface area contributed by atoms with Crippen molar-refractivity contribution in [3.05, 3.63) is 30.3 Å². The summed E-state index contributed by atoms with van der Waals surface area (Å²) in [4.78, 5) is 19.8. The molecule has 1 rings (SSSR count). The largest absolute Gasteiger partial charge is 0.451 e.